The zero-order chi connectivity index (χ0) is 13.8. The van der Waals surface area contributed by atoms with Crippen LogP contribution in [0.4, 0.5) is 5.69 Å². The third-order valence-corrected chi connectivity index (χ3v) is 4.09. The number of carbonyl (C=O) groups excluding carboxylic acids is 1. The molecule has 2 rings (SSSR count). The Kier molecular flexibility index (Phi) is 4.46. The van der Waals surface area contributed by atoms with Crippen LogP contribution >= 0.6 is 0 Å². The minimum atomic E-state index is -0.218. The number of aryl methyl sites for hydroxylation is 1. The quantitative estimate of drug-likeness (QED) is 0.666. The largest absolute Gasteiger partial charge is 0.459 e. The Balaban J connectivity index is 1.98. The summed E-state index contributed by atoms with van der Waals surface area (Å²) in [5, 5.41) is 0. The zero-order valence-electron chi connectivity index (χ0n) is 11.8. The van der Waals surface area contributed by atoms with Gasteiger partial charge in [-0.3, -0.25) is 0 Å². The summed E-state index contributed by atoms with van der Waals surface area (Å²) in [6, 6.07) is 5.31. The third kappa shape index (κ3) is 3.49. The van der Waals surface area contributed by atoms with E-state index in [1.165, 1.54) is 12.8 Å². The Bertz CT molecular complexity index is 456. The average Bonchev–Trinajstić information content (AvgIpc) is 2.42. The normalized spacial score (nSPS) is 23.1. The molecular formula is C16H23NO2. The minimum absolute atomic E-state index is 0.0871. The maximum atomic E-state index is 12.1. The molecule has 3 nitrogen and oxygen atoms in total. The van der Waals surface area contributed by atoms with Crippen molar-refractivity contribution in [3.05, 3.63) is 29.3 Å². The molecule has 1 aromatic rings. The molecule has 0 bridgehead atoms. The molecule has 0 radical (unpaired) electrons. The highest BCUT2D eigenvalue weighted by molar-refractivity contribution is 5.90. The first-order chi connectivity index (χ1) is 9.10. The molecule has 0 heterocycles. The van der Waals surface area contributed by atoms with Gasteiger partial charge in [-0.05, 0) is 55.9 Å². The number of ether oxygens (including phenoxy) is 1. The van der Waals surface area contributed by atoms with Gasteiger partial charge in [0.15, 0.2) is 0 Å². The van der Waals surface area contributed by atoms with Crippen LogP contribution in [0.15, 0.2) is 18.2 Å². The van der Waals surface area contributed by atoms with Gasteiger partial charge in [-0.1, -0.05) is 19.8 Å². The van der Waals surface area contributed by atoms with Crippen LogP contribution in [0.5, 0.6) is 0 Å². The predicted octanol–water partition coefficient (Wildman–Crippen LogP) is 3.70. The summed E-state index contributed by atoms with van der Waals surface area (Å²) in [4.78, 5) is 12.1. The van der Waals surface area contributed by atoms with Gasteiger partial charge in [-0.2, -0.15) is 0 Å². The van der Waals surface area contributed by atoms with Crippen molar-refractivity contribution in [2.45, 2.75) is 52.1 Å². The second-order valence-electron chi connectivity index (χ2n) is 5.54. The first-order valence-corrected chi connectivity index (χ1v) is 7.17. The van der Waals surface area contributed by atoms with E-state index in [1.54, 1.807) is 18.2 Å². The summed E-state index contributed by atoms with van der Waals surface area (Å²) >= 11 is 0. The molecule has 0 saturated heterocycles. The van der Waals surface area contributed by atoms with Crippen molar-refractivity contribution < 1.29 is 9.53 Å². The molecule has 2 unspecified atom stereocenters. The molecule has 2 N–H and O–H groups in total. The first-order valence-electron chi connectivity index (χ1n) is 7.17. The van der Waals surface area contributed by atoms with Crippen LogP contribution < -0.4 is 5.73 Å². The highest BCUT2D eigenvalue weighted by Gasteiger charge is 2.24. The molecule has 3 heteroatoms. The van der Waals surface area contributed by atoms with E-state index in [0.717, 1.165) is 24.8 Å². The second kappa shape index (κ2) is 6.09. The van der Waals surface area contributed by atoms with E-state index in [4.69, 9.17) is 10.5 Å². The molecule has 1 aliphatic carbocycles. The Morgan fingerprint density at radius 1 is 1.42 bits per heavy atom. The Morgan fingerprint density at radius 2 is 2.21 bits per heavy atom. The second-order valence-corrected chi connectivity index (χ2v) is 5.54. The fourth-order valence-corrected chi connectivity index (χ4v) is 2.74. The summed E-state index contributed by atoms with van der Waals surface area (Å²) in [6.45, 7) is 4.11. The van der Waals surface area contributed by atoms with Crippen LogP contribution in [0.3, 0.4) is 0 Å². The van der Waals surface area contributed by atoms with Crippen LogP contribution in [0.25, 0.3) is 0 Å². The van der Waals surface area contributed by atoms with Gasteiger partial charge in [0.2, 0.25) is 0 Å². The number of benzene rings is 1. The number of nitrogens with two attached hydrogens (primary N) is 1. The Morgan fingerprint density at radius 3 is 2.89 bits per heavy atom. The molecule has 104 valence electrons. The molecule has 1 aromatic carbocycles. The summed E-state index contributed by atoms with van der Waals surface area (Å²) < 4.78 is 5.62. The number of hydrogen-bond acceptors (Lipinski definition) is 3. The summed E-state index contributed by atoms with van der Waals surface area (Å²) in [6.07, 6.45) is 5.70. The lowest BCUT2D eigenvalue weighted by atomic mass is 9.85. The van der Waals surface area contributed by atoms with Gasteiger partial charge in [-0.15, -0.1) is 0 Å². The number of hydrogen-bond donors (Lipinski definition) is 1. The lowest BCUT2D eigenvalue weighted by Gasteiger charge is -2.28. The molecule has 1 fully saturated rings. The molecule has 1 saturated carbocycles. The van der Waals surface area contributed by atoms with Gasteiger partial charge in [0.25, 0.3) is 0 Å². The van der Waals surface area contributed by atoms with E-state index >= 15 is 0 Å². The summed E-state index contributed by atoms with van der Waals surface area (Å²) in [5.74, 6) is 0.490. The van der Waals surface area contributed by atoms with E-state index in [-0.39, 0.29) is 12.1 Å². The van der Waals surface area contributed by atoms with Crippen LogP contribution in [0.1, 0.15) is 54.9 Å². The van der Waals surface area contributed by atoms with E-state index in [2.05, 4.69) is 6.92 Å². The predicted molar refractivity (Wildman–Crippen MR) is 77.0 cm³/mol. The lowest BCUT2D eigenvalue weighted by molar-refractivity contribution is 0.0140. The minimum Gasteiger partial charge on any atom is -0.459 e. The molecule has 2 atom stereocenters. The highest BCUT2D eigenvalue weighted by atomic mass is 16.5. The summed E-state index contributed by atoms with van der Waals surface area (Å²) in [7, 11) is 0. The zero-order valence-corrected chi connectivity index (χ0v) is 11.8. The van der Waals surface area contributed by atoms with Crippen LogP contribution in [0, 0.1) is 12.8 Å². The monoisotopic (exact) mass is 261 g/mol. The van der Waals surface area contributed by atoms with Gasteiger partial charge < -0.3 is 10.5 Å². The van der Waals surface area contributed by atoms with Crippen molar-refractivity contribution in [1.29, 1.82) is 0 Å². The van der Waals surface area contributed by atoms with E-state index in [1.807, 2.05) is 6.92 Å². The topological polar surface area (TPSA) is 52.3 Å². The van der Waals surface area contributed by atoms with Crippen LogP contribution in [-0.2, 0) is 4.74 Å². The molecule has 0 aromatic heterocycles. The van der Waals surface area contributed by atoms with E-state index in [9.17, 15) is 4.79 Å². The fraction of sp³-hybridized carbons (Fsp3) is 0.562. The molecule has 0 aliphatic heterocycles. The average molecular weight is 261 g/mol. The number of rotatable bonds is 3. The van der Waals surface area contributed by atoms with Crippen molar-refractivity contribution in [3.8, 4) is 0 Å². The fourth-order valence-electron chi connectivity index (χ4n) is 2.74. The van der Waals surface area contributed by atoms with Crippen molar-refractivity contribution in [2.24, 2.45) is 5.92 Å². The molecule has 1 aliphatic rings. The standard InChI is InChI=1S/C16H23NO2/c1-3-12-5-4-6-14(10-12)19-16(18)13-7-8-15(17)11(2)9-13/h7-9,12,14H,3-6,10,17H2,1-2H3. The van der Waals surface area contributed by atoms with Gasteiger partial charge >= 0.3 is 5.97 Å². The molecule has 0 spiro atoms. The van der Waals surface area contributed by atoms with Crippen molar-refractivity contribution in [3.63, 3.8) is 0 Å². The van der Waals surface area contributed by atoms with Crippen molar-refractivity contribution in [2.75, 3.05) is 5.73 Å². The molecular weight excluding hydrogens is 238 g/mol. The van der Waals surface area contributed by atoms with Gasteiger partial charge in [0, 0.05) is 5.69 Å². The van der Waals surface area contributed by atoms with E-state index < -0.39 is 0 Å². The van der Waals surface area contributed by atoms with Gasteiger partial charge in [-0.25, -0.2) is 4.79 Å². The van der Waals surface area contributed by atoms with E-state index in [0.29, 0.717) is 17.2 Å². The van der Waals surface area contributed by atoms with Crippen molar-refractivity contribution in [1.82, 2.24) is 0 Å². The Labute approximate surface area is 115 Å². The van der Waals surface area contributed by atoms with Crippen molar-refractivity contribution >= 4 is 11.7 Å². The highest BCUT2D eigenvalue weighted by Crippen LogP contribution is 2.29. The summed E-state index contributed by atoms with van der Waals surface area (Å²) in [5.41, 5.74) is 7.99. The number of anilines is 1. The maximum Gasteiger partial charge on any atom is 0.338 e. The smallest absolute Gasteiger partial charge is 0.338 e. The maximum absolute atomic E-state index is 12.1. The third-order valence-electron chi connectivity index (χ3n) is 4.09. The lowest BCUT2D eigenvalue weighted by Crippen LogP contribution is -2.25. The SMILES string of the molecule is CCC1CCCC(OC(=O)c2ccc(N)c(C)c2)C1. The van der Waals surface area contributed by atoms with Crippen LogP contribution in [0.2, 0.25) is 0 Å². The number of esters is 1. The number of carbonyl (C=O) groups is 1. The number of nitrogen functional groups attached to an aromatic ring is 1. The molecule has 19 heavy (non-hydrogen) atoms. The van der Waals surface area contributed by atoms with Gasteiger partial charge in [0.1, 0.15) is 6.10 Å². The first kappa shape index (κ1) is 13.9. The Hall–Kier alpha value is -1.51. The van der Waals surface area contributed by atoms with Gasteiger partial charge in [0.05, 0.1) is 5.56 Å². The molecule has 0 amide bonds. The van der Waals surface area contributed by atoms with Crippen LogP contribution in [-0.4, -0.2) is 12.1 Å².